The minimum Gasteiger partial charge on any atom is -0.497 e. The molecule has 0 bridgehead atoms. The monoisotopic (exact) mass is 315 g/mol. The van der Waals surface area contributed by atoms with E-state index in [2.05, 4.69) is 32.9 Å². The Morgan fingerprint density at radius 3 is 2.62 bits per heavy atom. The first-order chi connectivity index (χ1) is 11.8. The summed E-state index contributed by atoms with van der Waals surface area (Å²) in [6.07, 6.45) is 3.93. The van der Waals surface area contributed by atoms with E-state index in [1.165, 1.54) is 0 Å². The average Bonchev–Trinajstić information content (AvgIpc) is 3.07. The van der Waals surface area contributed by atoms with Gasteiger partial charge in [0.25, 0.3) is 0 Å². The molecule has 0 radical (unpaired) electrons. The number of aromatic nitrogens is 2. The number of anilines is 2. The number of methoxy groups -OCH3 is 1. The van der Waals surface area contributed by atoms with Gasteiger partial charge in [0.15, 0.2) is 0 Å². The van der Waals surface area contributed by atoms with Gasteiger partial charge in [-0.2, -0.15) is 0 Å². The van der Waals surface area contributed by atoms with Crippen LogP contribution >= 0.6 is 0 Å². The highest BCUT2D eigenvalue weighted by Gasteiger charge is 2.06. The Balaban J connectivity index is 1.66. The molecule has 0 fully saturated rings. The van der Waals surface area contributed by atoms with Crippen molar-refractivity contribution in [1.82, 2.24) is 9.38 Å². The first kappa shape index (κ1) is 14.3. The highest BCUT2D eigenvalue weighted by molar-refractivity contribution is 5.70. The molecule has 0 atom stereocenters. The van der Waals surface area contributed by atoms with Gasteiger partial charge in [-0.15, -0.1) is 0 Å². The molecule has 0 spiro atoms. The van der Waals surface area contributed by atoms with Crippen LogP contribution in [0.3, 0.4) is 0 Å². The maximum Gasteiger partial charge on any atom is 0.137 e. The fourth-order valence-electron chi connectivity index (χ4n) is 2.74. The van der Waals surface area contributed by atoms with Crippen LogP contribution in [0.5, 0.6) is 5.75 Å². The maximum absolute atomic E-state index is 5.19. The first-order valence-electron chi connectivity index (χ1n) is 7.77. The first-order valence-corrected chi connectivity index (χ1v) is 7.77. The Hall–Kier alpha value is -3.27. The molecule has 0 aliphatic rings. The van der Waals surface area contributed by atoms with Crippen LogP contribution in [0.2, 0.25) is 0 Å². The average molecular weight is 315 g/mol. The summed E-state index contributed by atoms with van der Waals surface area (Å²) < 4.78 is 7.28. The molecule has 24 heavy (non-hydrogen) atoms. The second-order valence-corrected chi connectivity index (χ2v) is 5.51. The van der Waals surface area contributed by atoms with Crippen LogP contribution in [0.4, 0.5) is 11.4 Å². The van der Waals surface area contributed by atoms with Gasteiger partial charge >= 0.3 is 0 Å². The molecule has 2 aromatic carbocycles. The van der Waals surface area contributed by atoms with Crippen LogP contribution in [0.25, 0.3) is 16.9 Å². The summed E-state index contributed by atoms with van der Waals surface area (Å²) in [4.78, 5) is 4.46. The maximum atomic E-state index is 5.19. The zero-order valence-electron chi connectivity index (χ0n) is 13.3. The van der Waals surface area contributed by atoms with Crippen molar-refractivity contribution >= 4 is 17.0 Å². The van der Waals surface area contributed by atoms with Crippen LogP contribution in [0, 0.1) is 0 Å². The molecule has 118 valence electrons. The van der Waals surface area contributed by atoms with Gasteiger partial charge < -0.3 is 10.1 Å². The van der Waals surface area contributed by atoms with Crippen LogP contribution in [-0.2, 0) is 0 Å². The highest BCUT2D eigenvalue weighted by Crippen LogP contribution is 2.26. The van der Waals surface area contributed by atoms with Crippen molar-refractivity contribution in [2.24, 2.45) is 0 Å². The molecular weight excluding hydrogens is 298 g/mol. The summed E-state index contributed by atoms with van der Waals surface area (Å²) in [7, 11) is 1.67. The number of pyridine rings is 1. The molecule has 4 heteroatoms. The molecule has 4 rings (SSSR count). The molecule has 4 aromatic rings. The van der Waals surface area contributed by atoms with Crippen LogP contribution in [0.15, 0.2) is 79.1 Å². The molecule has 0 saturated carbocycles. The topological polar surface area (TPSA) is 38.6 Å². The van der Waals surface area contributed by atoms with Crippen LogP contribution in [0.1, 0.15) is 0 Å². The SMILES string of the molecule is COc1ccc(Nc2cccc(-c3cnc4ccccn34)c2)cc1. The Morgan fingerprint density at radius 2 is 1.79 bits per heavy atom. The lowest BCUT2D eigenvalue weighted by Crippen LogP contribution is -1.92. The summed E-state index contributed by atoms with van der Waals surface area (Å²) >= 11 is 0. The largest absolute Gasteiger partial charge is 0.497 e. The minimum atomic E-state index is 0.847. The molecule has 0 aliphatic heterocycles. The summed E-state index contributed by atoms with van der Waals surface area (Å²) in [6, 6.07) is 22.2. The van der Waals surface area contributed by atoms with Crippen molar-refractivity contribution in [3.63, 3.8) is 0 Å². The van der Waals surface area contributed by atoms with Crippen molar-refractivity contribution < 1.29 is 4.74 Å². The number of hydrogen-bond acceptors (Lipinski definition) is 3. The number of benzene rings is 2. The van der Waals surface area contributed by atoms with E-state index in [-0.39, 0.29) is 0 Å². The predicted octanol–water partition coefficient (Wildman–Crippen LogP) is 4.75. The standard InChI is InChI=1S/C20H17N3O/c1-24-18-10-8-16(9-11-18)22-17-6-4-5-15(13-17)19-14-21-20-7-2-3-12-23(19)20/h2-14,22H,1H3. The van der Waals surface area contributed by atoms with E-state index in [4.69, 9.17) is 4.74 Å². The number of imidazole rings is 1. The molecule has 0 aliphatic carbocycles. The third-order valence-electron chi connectivity index (χ3n) is 3.95. The van der Waals surface area contributed by atoms with E-state index in [1.54, 1.807) is 7.11 Å². The number of nitrogens with zero attached hydrogens (tertiary/aromatic N) is 2. The fraction of sp³-hybridized carbons (Fsp3) is 0.0500. The van der Waals surface area contributed by atoms with Crippen molar-refractivity contribution in [3.05, 3.63) is 79.1 Å². The van der Waals surface area contributed by atoms with E-state index in [9.17, 15) is 0 Å². The van der Waals surface area contributed by atoms with Crippen LogP contribution in [-0.4, -0.2) is 16.5 Å². The molecule has 4 nitrogen and oxygen atoms in total. The van der Waals surface area contributed by atoms with Gasteiger partial charge in [0.05, 0.1) is 19.0 Å². The van der Waals surface area contributed by atoms with Gasteiger partial charge in [-0.1, -0.05) is 18.2 Å². The molecule has 0 unspecified atom stereocenters. The Morgan fingerprint density at radius 1 is 0.917 bits per heavy atom. The van der Waals surface area contributed by atoms with Gasteiger partial charge in [0.2, 0.25) is 0 Å². The number of fused-ring (bicyclic) bond motifs is 1. The lowest BCUT2D eigenvalue weighted by Gasteiger charge is -2.09. The lowest BCUT2D eigenvalue weighted by atomic mass is 10.1. The van der Waals surface area contributed by atoms with E-state index in [0.717, 1.165) is 34.0 Å². The lowest BCUT2D eigenvalue weighted by molar-refractivity contribution is 0.415. The molecule has 2 heterocycles. The summed E-state index contributed by atoms with van der Waals surface area (Å²) in [5, 5.41) is 3.42. The van der Waals surface area contributed by atoms with Gasteiger partial charge in [-0.05, 0) is 48.5 Å². The quantitative estimate of drug-likeness (QED) is 0.590. The van der Waals surface area contributed by atoms with E-state index < -0.39 is 0 Å². The van der Waals surface area contributed by atoms with Crippen molar-refractivity contribution in [2.45, 2.75) is 0 Å². The van der Waals surface area contributed by atoms with Crippen molar-refractivity contribution in [3.8, 4) is 17.0 Å². The van der Waals surface area contributed by atoms with E-state index in [1.807, 2.05) is 60.9 Å². The normalized spacial score (nSPS) is 10.7. The summed E-state index contributed by atoms with van der Waals surface area (Å²) in [5.41, 5.74) is 5.19. The third kappa shape index (κ3) is 2.70. The molecular formula is C20H17N3O. The zero-order valence-corrected chi connectivity index (χ0v) is 13.3. The Bertz CT molecular complexity index is 974. The van der Waals surface area contributed by atoms with Crippen molar-refractivity contribution in [1.29, 1.82) is 0 Å². The molecule has 2 aromatic heterocycles. The number of hydrogen-bond donors (Lipinski definition) is 1. The zero-order chi connectivity index (χ0) is 16.4. The highest BCUT2D eigenvalue weighted by atomic mass is 16.5. The Labute approximate surface area is 140 Å². The second kappa shape index (κ2) is 6.08. The van der Waals surface area contributed by atoms with E-state index >= 15 is 0 Å². The summed E-state index contributed by atoms with van der Waals surface area (Å²) in [5.74, 6) is 0.847. The molecule has 0 saturated heterocycles. The van der Waals surface area contributed by atoms with Gasteiger partial charge in [-0.25, -0.2) is 4.98 Å². The predicted molar refractivity (Wildman–Crippen MR) is 96.9 cm³/mol. The van der Waals surface area contributed by atoms with E-state index in [0.29, 0.717) is 0 Å². The summed E-state index contributed by atoms with van der Waals surface area (Å²) in [6.45, 7) is 0. The van der Waals surface area contributed by atoms with Crippen molar-refractivity contribution in [2.75, 3.05) is 12.4 Å². The van der Waals surface area contributed by atoms with Gasteiger partial charge in [-0.3, -0.25) is 4.40 Å². The third-order valence-corrected chi connectivity index (χ3v) is 3.95. The number of nitrogens with one attached hydrogen (secondary N) is 1. The fourth-order valence-corrected chi connectivity index (χ4v) is 2.74. The smallest absolute Gasteiger partial charge is 0.137 e. The van der Waals surface area contributed by atoms with Gasteiger partial charge in [0.1, 0.15) is 11.4 Å². The van der Waals surface area contributed by atoms with Crippen LogP contribution < -0.4 is 10.1 Å². The number of ether oxygens (including phenoxy) is 1. The second-order valence-electron chi connectivity index (χ2n) is 5.51. The molecule has 0 amide bonds. The Kier molecular flexibility index (Phi) is 3.63. The minimum absolute atomic E-state index is 0.847. The molecule has 1 N–H and O–H groups in total. The van der Waals surface area contributed by atoms with Gasteiger partial charge in [0, 0.05) is 23.1 Å². The number of rotatable bonds is 4.